The van der Waals surface area contributed by atoms with E-state index in [4.69, 9.17) is 0 Å². The second kappa shape index (κ2) is 5.17. The van der Waals surface area contributed by atoms with Crippen LogP contribution in [0.4, 0.5) is 8.78 Å². The zero-order valence-electron chi connectivity index (χ0n) is 10.7. The van der Waals surface area contributed by atoms with Crippen LogP contribution < -0.4 is 0 Å². The SMILES string of the molecule is CC1CC(C)CC(C(=O)c2cc(F)ccc2F)C1. The molecule has 1 aromatic carbocycles. The molecule has 18 heavy (non-hydrogen) atoms. The van der Waals surface area contributed by atoms with E-state index in [2.05, 4.69) is 13.8 Å². The predicted molar refractivity (Wildman–Crippen MR) is 66.4 cm³/mol. The molecule has 0 amide bonds. The van der Waals surface area contributed by atoms with Gasteiger partial charge in [0.1, 0.15) is 11.6 Å². The molecule has 0 radical (unpaired) electrons. The normalized spacial score (nSPS) is 28.1. The highest BCUT2D eigenvalue weighted by molar-refractivity contribution is 5.98. The van der Waals surface area contributed by atoms with Crippen LogP contribution in [-0.2, 0) is 0 Å². The van der Waals surface area contributed by atoms with Gasteiger partial charge in [-0.2, -0.15) is 0 Å². The third-order valence-corrected chi connectivity index (χ3v) is 3.74. The predicted octanol–water partition coefficient (Wildman–Crippen LogP) is 4.22. The van der Waals surface area contributed by atoms with Crippen molar-refractivity contribution in [1.29, 1.82) is 0 Å². The lowest BCUT2D eigenvalue weighted by Crippen LogP contribution is -2.26. The number of carbonyl (C=O) groups is 1. The average molecular weight is 252 g/mol. The maximum Gasteiger partial charge on any atom is 0.169 e. The van der Waals surface area contributed by atoms with Crippen molar-refractivity contribution in [2.75, 3.05) is 0 Å². The standard InChI is InChI=1S/C15H18F2O/c1-9-5-10(2)7-11(6-9)15(18)13-8-12(16)3-4-14(13)17/h3-4,8-11H,5-7H2,1-2H3. The lowest BCUT2D eigenvalue weighted by Gasteiger charge is -2.30. The van der Waals surface area contributed by atoms with Gasteiger partial charge >= 0.3 is 0 Å². The van der Waals surface area contributed by atoms with E-state index < -0.39 is 11.6 Å². The van der Waals surface area contributed by atoms with E-state index in [0.29, 0.717) is 11.8 Å². The van der Waals surface area contributed by atoms with E-state index in [1.807, 2.05) is 0 Å². The summed E-state index contributed by atoms with van der Waals surface area (Å²) < 4.78 is 26.7. The van der Waals surface area contributed by atoms with Crippen LogP contribution in [0.2, 0.25) is 0 Å². The third kappa shape index (κ3) is 2.77. The molecule has 1 saturated carbocycles. The number of rotatable bonds is 2. The van der Waals surface area contributed by atoms with E-state index >= 15 is 0 Å². The minimum atomic E-state index is -0.618. The molecule has 2 unspecified atom stereocenters. The van der Waals surface area contributed by atoms with E-state index in [0.717, 1.165) is 37.5 Å². The van der Waals surface area contributed by atoms with Crippen LogP contribution in [-0.4, -0.2) is 5.78 Å². The fraction of sp³-hybridized carbons (Fsp3) is 0.533. The molecule has 1 aliphatic carbocycles. The van der Waals surface area contributed by atoms with Crippen molar-refractivity contribution in [3.63, 3.8) is 0 Å². The maximum atomic E-state index is 13.6. The highest BCUT2D eigenvalue weighted by Gasteiger charge is 2.30. The van der Waals surface area contributed by atoms with Crippen molar-refractivity contribution in [2.24, 2.45) is 17.8 Å². The van der Waals surface area contributed by atoms with Crippen LogP contribution in [0.15, 0.2) is 18.2 Å². The summed E-state index contributed by atoms with van der Waals surface area (Å²) in [5, 5.41) is 0. The van der Waals surface area contributed by atoms with Gasteiger partial charge in [-0.25, -0.2) is 8.78 Å². The fourth-order valence-electron chi connectivity index (χ4n) is 3.07. The van der Waals surface area contributed by atoms with Gasteiger partial charge in [0.05, 0.1) is 5.56 Å². The number of halogens is 2. The second-order valence-corrected chi connectivity index (χ2v) is 5.60. The summed E-state index contributed by atoms with van der Waals surface area (Å²) in [6.07, 6.45) is 2.66. The van der Waals surface area contributed by atoms with Gasteiger partial charge in [0.15, 0.2) is 5.78 Å². The first-order valence-electron chi connectivity index (χ1n) is 6.46. The molecule has 0 saturated heterocycles. The molecule has 0 heterocycles. The average Bonchev–Trinajstić information content (AvgIpc) is 2.30. The zero-order valence-corrected chi connectivity index (χ0v) is 10.7. The Balaban J connectivity index is 2.22. The minimum absolute atomic E-state index is 0.0960. The third-order valence-electron chi connectivity index (χ3n) is 3.74. The van der Waals surface area contributed by atoms with Crippen molar-refractivity contribution < 1.29 is 13.6 Å². The topological polar surface area (TPSA) is 17.1 Å². The van der Waals surface area contributed by atoms with E-state index in [1.54, 1.807) is 0 Å². The second-order valence-electron chi connectivity index (χ2n) is 5.60. The Morgan fingerprint density at radius 1 is 1.11 bits per heavy atom. The monoisotopic (exact) mass is 252 g/mol. The first-order valence-corrected chi connectivity index (χ1v) is 6.46. The molecule has 98 valence electrons. The minimum Gasteiger partial charge on any atom is -0.294 e. The number of ketones is 1. The Morgan fingerprint density at radius 3 is 2.33 bits per heavy atom. The molecule has 0 aromatic heterocycles. The maximum absolute atomic E-state index is 13.6. The van der Waals surface area contributed by atoms with Gasteiger partial charge in [0.2, 0.25) is 0 Å². The Kier molecular flexibility index (Phi) is 3.79. The van der Waals surface area contributed by atoms with Crippen molar-refractivity contribution >= 4 is 5.78 Å². The molecule has 2 rings (SSSR count). The van der Waals surface area contributed by atoms with Gasteiger partial charge in [-0.1, -0.05) is 13.8 Å². The molecule has 0 aliphatic heterocycles. The molecule has 1 nitrogen and oxygen atoms in total. The van der Waals surface area contributed by atoms with Gasteiger partial charge in [-0.3, -0.25) is 4.79 Å². The summed E-state index contributed by atoms with van der Waals surface area (Å²) in [4.78, 5) is 12.3. The molecule has 0 N–H and O–H groups in total. The van der Waals surface area contributed by atoms with Crippen molar-refractivity contribution in [2.45, 2.75) is 33.1 Å². The summed E-state index contributed by atoms with van der Waals surface area (Å²) in [5.74, 6) is -0.645. The molecule has 1 fully saturated rings. The molecule has 0 bridgehead atoms. The van der Waals surface area contributed by atoms with Crippen molar-refractivity contribution in [3.05, 3.63) is 35.4 Å². The van der Waals surface area contributed by atoms with Gasteiger partial charge in [-0.15, -0.1) is 0 Å². The summed E-state index contributed by atoms with van der Waals surface area (Å²) in [7, 11) is 0. The van der Waals surface area contributed by atoms with Crippen LogP contribution >= 0.6 is 0 Å². The molecule has 3 heteroatoms. The summed E-state index contributed by atoms with van der Waals surface area (Å²) >= 11 is 0. The van der Waals surface area contributed by atoms with E-state index in [1.165, 1.54) is 0 Å². The largest absolute Gasteiger partial charge is 0.294 e. The molecule has 2 atom stereocenters. The van der Waals surface area contributed by atoms with Crippen LogP contribution in [0, 0.1) is 29.4 Å². The smallest absolute Gasteiger partial charge is 0.169 e. The van der Waals surface area contributed by atoms with Crippen molar-refractivity contribution in [1.82, 2.24) is 0 Å². The number of carbonyl (C=O) groups excluding carboxylic acids is 1. The molecule has 1 aliphatic rings. The number of benzene rings is 1. The van der Waals surface area contributed by atoms with Gasteiger partial charge in [-0.05, 0) is 49.3 Å². The van der Waals surface area contributed by atoms with Crippen LogP contribution in [0.1, 0.15) is 43.5 Å². The summed E-state index contributed by atoms with van der Waals surface area (Å²) in [6, 6.07) is 3.08. The Morgan fingerprint density at radius 2 is 1.72 bits per heavy atom. The first kappa shape index (κ1) is 13.2. The van der Waals surface area contributed by atoms with Gasteiger partial charge < -0.3 is 0 Å². The highest BCUT2D eigenvalue weighted by atomic mass is 19.1. The number of Topliss-reactive ketones (excluding diaryl/α,β-unsaturated/α-hetero) is 1. The summed E-state index contributed by atoms with van der Waals surface area (Å²) in [6.45, 7) is 4.22. The molecule has 1 aromatic rings. The zero-order chi connectivity index (χ0) is 13.3. The Hall–Kier alpha value is -1.25. The van der Waals surface area contributed by atoms with Gasteiger partial charge in [0, 0.05) is 5.92 Å². The summed E-state index contributed by atoms with van der Waals surface area (Å²) in [5.41, 5.74) is -0.0960. The van der Waals surface area contributed by atoms with Crippen LogP contribution in [0.5, 0.6) is 0 Å². The number of hydrogen-bond acceptors (Lipinski definition) is 1. The molecular weight excluding hydrogens is 234 g/mol. The molecular formula is C15H18F2O. The quantitative estimate of drug-likeness (QED) is 0.720. The fourth-order valence-corrected chi connectivity index (χ4v) is 3.07. The molecule has 0 spiro atoms. The van der Waals surface area contributed by atoms with E-state index in [9.17, 15) is 13.6 Å². The lowest BCUT2D eigenvalue weighted by molar-refractivity contribution is 0.0831. The van der Waals surface area contributed by atoms with Crippen LogP contribution in [0.3, 0.4) is 0 Å². The first-order chi connectivity index (χ1) is 8.47. The Labute approximate surface area is 106 Å². The lowest BCUT2D eigenvalue weighted by atomic mass is 9.74. The van der Waals surface area contributed by atoms with Crippen molar-refractivity contribution in [3.8, 4) is 0 Å². The highest BCUT2D eigenvalue weighted by Crippen LogP contribution is 2.35. The van der Waals surface area contributed by atoms with Crippen LogP contribution in [0.25, 0.3) is 0 Å². The number of hydrogen-bond donors (Lipinski definition) is 0. The Bertz CT molecular complexity index is 446. The van der Waals surface area contributed by atoms with E-state index in [-0.39, 0.29) is 17.3 Å². The van der Waals surface area contributed by atoms with Gasteiger partial charge in [0.25, 0.3) is 0 Å².